The number of hydrogen-bond donors (Lipinski definition) is 1. The molecule has 0 heterocycles. The van der Waals surface area contributed by atoms with Crippen molar-refractivity contribution in [2.45, 2.75) is 26.2 Å². The summed E-state index contributed by atoms with van der Waals surface area (Å²) in [7, 11) is 2.79. The number of imide groups is 1. The Balaban J connectivity index is 3.04. The standard InChI is InChI=1S/C14H20N2O3/c1-14(2,3)10-7-6-8-11(9-10)15(4)12(17)16(5)13(18)19/h6-9H,1-5H3,(H,18,19). The van der Waals surface area contributed by atoms with E-state index in [2.05, 4.69) is 20.8 Å². The molecule has 5 nitrogen and oxygen atoms in total. The highest BCUT2D eigenvalue weighted by molar-refractivity contribution is 5.99. The summed E-state index contributed by atoms with van der Waals surface area (Å²) in [5.74, 6) is 0. The van der Waals surface area contributed by atoms with E-state index in [9.17, 15) is 9.59 Å². The second-order valence-electron chi connectivity index (χ2n) is 5.48. The zero-order valence-corrected chi connectivity index (χ0v) is 12.0. The highest BCUT2D eigenvalue weighted by atomic mass is 16.4. The molecule has 0 bridgehead atoms. The molecule has 1 N–H and O–H groups in total. The second-order valence-corrected chi connectivity index (χ2v) is 5.48. The van der Waals surface area contributed by atoms with E-state index in [0.29, 0.717) is 10.6 Å². The van der Waals surface area contributed by atoms with E-state index in [1.165, 1.54) is 11.9 Å². The molecule has 0 aromatic heterocycles. The van der Waals surface area contributed by atoms with Crippen LogP contribution in [0.5, 0.6) is 0 Å². The maximum Gasteiger partial charge on any atom is 0.415 e. The van der Waals surface area contributed by atoms with Gasteiger partial charge >= 0.3 is 12.1 Å². The number of carbonyl (C=O) groups excluding carboxylic acids is 1. The van der Waals surface area contributed by atoms with E-state index in [0.717, 1.165) is 5.56 Å². The summed E-state index contributed by atoms with van der Waals surface area (Å²) < 4.78 is 0. The zero-order chi connectivity index (χ0) is 14.8. The molecular formula is C14H20N2O3. The maximum atomic E-state index is 11.9. The first-order chi connectivity index (χ1) is 8.64. The average molecular weight is 264 g/mol. The largest absolute Gasteiger partial charge is 0.465 e. The predicted molar refractivity (Wildman–Crippen MR) is 74.7 cm³/mol. The third kappa shape index (κ3) is 3.47. The molecule has 5 heteroatoms. The third-order valence-electron chi connectivity index (χ3n) is 2.96. The fourth-order valence-electron chi connectivity index (χ4n) is 1.60. The quantitative estimate of drug-likeness (QED) is 0.847. The van der Waals surface area contributed by atoms with Gasteiger partial charge < -0.3 is 5.11 Å². The molecule has 0 aliphatic rings. The number of carboxylic acid groups (broad SMARTS) is 1. The van der Waals surface area contributed by atoms with Crippen molar-refractivity contribution in [3.05, 3.63) is 29.8 Å². The normalized spacial score (nSPS) is 11.0. The fourth-order valence-corrected chi connectivity index (χ4v) is 1.60. The third-order valence-corrected chi connectivity index (χ3v) is 2.96. The molecule has 0 saturated heterocycles. The molecule has 1 aromatic rings. The van der Waals surface area contributed by atoms with E-state index >= 15 is 0 Å². The molecule has 1 rings (SSSR count). The van der Waals surface area contributed by atoms with Crippen molar-refractivity contribution in [3.63, 3.8) is 0 Å². The number of nitrogens with zero attached hydrogens (tertiary/aromatic N) is 2. The Morgan fingerprint density at radius 3 is 2.21 bits per heavy atom. The van der Waals surface area contributed by atoms with Crippen molar-refractivity contribution in [2.24, 2.45) is 0 Å². The smallest absolute Gasteiger partial charge is 0.415 e. The van der Waals surface area contributed by atoms with Crippen LogP contribution < -0.4 is 4.90 Å². The van der Waals surface area contributed by atoms with Crippen LogP contribution in [-0.4, -0.2) is 36.2 Å². The summed E-state index contributed by atoms with van der Waals surface area (Å²) in [4.78, 5) is 24.7. The fraction of sp³-hybridized carbons (Fsp3) is 0.429. The molecule has 0 aliphatic carbocycles. The number of anilines is 1. The molecule has 104 valence electrons. The number of urea groups is 1. The maximum absolute atomic E-state index is 11.9. The number of amides is 3. The monoisotopic (exact) mass is 264 g/mol. The van der Waals surface area contributed by atoms with E-state index in [4.69, 9.17) is 5.11 Å². The minimum atomic E-state index is -1.27. The van der Waals surface area contributed by atoms with E-state index in [1.54, 1.807) is 13.1 Å². The first kappa shape index (κ1) is 15.0. The lowest BCUT2D eigenvalue weighted by Crippen LogP contribution is -2.41. The molecule has 19 heavy (non-hydrogen) atoms. The molecule has 0 radical (unpaired) electrons. The molecular weight excluding hydrogens is 244 g/mol. The lowest BCUT2D eigenvalue weighted by atomic mass is 9.87. The van der Waals surface area contributed by atoms with Crippen molar-refractivity contribution in [2.75, 3.05) is 19.0 Å². The van der Waals surface area contributed by atoms with Crippen LogP contribution in [0.4, 0.5) is 15.3 Å². The van der Waals surface area contributed by atoms with Crippen LogP contribution in [0.15, 0.2) is 24.3 Å². The molecule has 0 atom stereocenters. The molecule has 0 fully saturated rings. The van der Waals surface area contributed by atoms with Gasteiger partial charge in [-0.15, -0.1) is 0 Å². The van der Waals surface area contributed by atoms with E-state index in [-0.39, 0.29) is 5.41 Å². The Kier molecular flexibility index (Phi) is 4.19. The van der Waals surface area contributed by atoms with Crippen LogP contribution in [0.2, 0.25) is 0 Å². The van der Waals surface area contributed by atoms with Crippen LogP contribution in [-0.2, 0) is 5.41 Å². The van der Waals surface area contributed by atoms with Crippen molar-refractivity contribution in [3.8, 4) is 0 Å². The van der Waals surface area contributed by atoms with Gasteiger partial charge in [0.05, 0.1) is 0 Å². The Hall–Kier alpha value is -2.04. The van der Waals surface area contributed by atoms with Crippen LogP contribution in [0.25, 0.3) is 0 Å². The average Bonchev–Trinajstić information content (AvgIpc) is 2.35. The first-order valence-corrected chi connectivity index (χ1v) is 5.99. The number of benzene rings is 1. The van der Waals surface area contributed by atoms with Gasteiger partial charge in [0.25, 0.3) is 0 Å². The van der Waals surface area contributed by atoms with E-state index in [1.807, 2.05) is 18.2 Å². The van der Waals surface area contributed by atoms with Gasteiger partial charge in [0.2, 0.25) is 0 Å². The van der Waals surface area contributed by atoms with Gasteiger partial charge in [-0.2, -0.15) is 0 Å². The Bertz CT molecular complexity index is 492. The van der Waals surface area contributed by atoms with Gasteiger partial charge in [-0.25, -0.2) is 14.5 Å². The topological polar surface area (TPSA) is 60.9 Å². The van der Waals surface area contributed by atoms with Gasteiger partial charge in [0.1, 0.15) is 0 Å². The van der Waals surface area contributed by atoms with Gasteiger partial charge in [0.15, 0.2) is 0 Å². The van der Waals surface area contributed by atoms with Crippen LogP contribution >= 0.6 is 0 Å². The molecule has 0 aliphatic heterocycles. The molecule has 0 saturated carbocycles. The Labute approximate surface area is 113 Å². The van der Waals surface area contributed by atoms with Crippen LogP contribution in [0, 0.1) is 0 Å². The zero-order valence-electron chi connectivity index (χ0n) is 12.0. The number of carbonyl (C=O) groups is 2. The lowest BCUT2D eigenvalue weighted by Gasteiger charge is -2.25. The molecule has 1 aromatic carbocycles. The summed E-state index contributed by atoms with van der Waals surface area (Å²) in [6.45, 7) is 6.24. The minimum Gasteiger partial charge on any atom is -0.465 e. The SMILES string of the molecule is CN(C(=O)O)C(=O)N(C)c1cccc(C(C)(C)C)c1. The van der Waals surface area contributed by atoms with Crippen molar-refractivity contribution >= 4 is 17.8 Å². The van der Waals surface area contributed by atoms with Gasteiger partial charge in [-0.05, 0) is 23.1 Å². The van der Waals surface area contributed by atoms with Crippen molar-refractivity contribution in [1.82, 2.24) is 4.90 Å². The first-order valence-electron chi connectivity index (χ1n) is 5.99. The minimum absolute atomic E-state index is 0.0292. The highest BCUT2D eigenvalue weighted by Crippen LogP contribution is 2.26. The predicted octanol–water partition coefficient (Wildman–Crippen LogP) is 3.15. The lowest BCUT2D eigenvalue weighted by molar-refractivity contribution is 0.159. The highest BCUT2D eigenvalue weighted by Gasteiger charge is 2.22. The molecule has 3 amide bonds. The number of hydrogen-bond acceptors (Lipinski definition) is 2. The molecule has 0 spiro atoms. The van der Waals surface area contributed by atoms with Gasteiger partial charge in [-0.3, -0.25) is 4.90 Å². The van der Waals surface area contributed by atoms with Crippen molar-refractivity contribution in [1.29, 1.82) is 0 Å². The number of rotatable bonds is 1. The summed E-state index contributed by atoms with van der Waals surface area (Å²) in [6.07, 6.45) is -1.27. The van der Waals surface area contributed by atoms with Crippen LogP contribution in [0.3, 0.4) is 0 Å². The van der Waals surface area contributed by atoms with Gasteiger partial charge in [0, 0.05) is 19.8 Å². The van der Waals surface area contributed by atoms with Crippen LogP contribution in [0.1, 0.15) is 26.3 Å². The summed E-state index contributed by atoms with van der Waals surface area (Å²) in [6, 6.07) is 6.94. The second kappa shape index (κ2) is 5.30. The molecule has 0 unspecified atom stereocenters. The van der Waals surface area contributed by atoms with Gasteiger partial charge in [-0.1, -0.05) is 32.9 Å². The van der Waals surface area contributed by atoms with Crippen molar-refractivity contribution < 1.29 is 14.7 Å². The summed E-state index contributed by atoms with van der Waals surface area (Å²) in [5.41, 5.74) is 1.73. The summed E-state index contributed by atoms with van der Waals surface area (Å²) >= 11 is 0. The Morgan fingerprint density at radius 2 is 1.74 bits per heavy atom. The summed E-state index contributed by atoms with van der Waals surface area (Å²) in [5, 5.41) is 8.81. The Morgan fingerprint density at radius 1 is 1.16 bits per heavy atom. The van der Waals surface area contributed by atoms with E-state index < -0.39 is 12.1 Å².